The summed E-state index contributed by atoms with van der Waals surface area (Å²) in [6.45, 7) is 7.94. The zero-order chi connectivity index (χ0) is 20.0. The van der Waals surface area contributed by atoms with Gasteiger partial charge in [0.15, 0.2) is 5.82 Å². The fraction of sp³-hybridized carbons (Fsp3) is 0.381. The van der Waals surface area contributed by atoms with Crippen molar-refractivity contribution in [1.82, 2.24) is 24.7 Å². The van der Waals surface area contributed by atoms with E-state index in [0.717, 1.165) is 55.0 Å². The standard InChI is InChI=1S/C21H22N8/c1-14-5-15(2)29(26-14)21-6-20(24-13-25-21)28-11-17-9-27(10-18(17)12-28)19-4-3-16(7-22)8-23-19/h3-6,8,13,17-18H,9-12H2,1-2H3. The molecule has 8 heteroatoms. The highest BCUT2D eigenvalue weighted by atomic mass is 15.3. The van der Waals surface area contributed by atoms with Crippen molar-refractivity contribution < 1.29 is 0 Å². The molecule has 8 nitrogen and oxygen atoms in total. The van der Waals surface area contributed by atoms with Crippen molar-refractivity contribution in [3.05, 3.63) is 53.7 Å². The number of hydrogen-bond acceptors (Lipinski definition) is 7. The van der Waals surface area contributed by atoms with E-state index in [1.165, 1.54) is 0 Å². The lowest BCUT2D eigenvalue weighted by molar-refractivity contribution is 0.533. The Labute approximate surface area is 169 Å². The Morgan fingerprint density at radius 3 is 2.17 bits per heavy atom. The van der Waals surface area contributed by atoms with Gasteiger partial charge in [-0.3, -0.25) is 0 Å². The van der Waals surface area contributed by atoms with E-state index in [0.29, 0.717) is 17.4 Å². The number of aromatic nitrogens is 5. The lowest BCUT2D eigenvalue weighted by atomic mass is 10.0. The Kier molecular flexibility index (Phi) is 4.16. The summed E-state index contributed by atoms with van der Waals surface area (Å²) >= 11 is 0. The van der Waals surface area contributed by atoms with E-state index < -0.39 is 0 Å². The Morgan fingerprint density at radius 1 is 0.897 bits per heavy atom. The molecule has 0 radical (unpaired) electrons. The zero-order valence-corrected chi connectivity index (χ0v) is 16.5. The molecule has 2 unspecified atom stereocenters. The molecule has 2 aliphatic heterocycles. The average Bonchev–Trinajstić information content (AvgIpc) is 3.41. The third kappa shape index (κ3) is 3.18. The Morgan fingerprint density at radius 2 is 1.59 bits per heavy atom. The maximum atomic E-state index is 8.95. The van der Waals surface area contributed by atoms with Gasteiger partial charge in [0.05, 0.1) is 11.3 Å². The van der Waals surface area contributed by atoms with Crippen molar-refractivity contribution >= 4 is 11.6 Å². The molecule has 29 heavy (non-hydrogen) atoms. The fourth-order valence-corrected chi connectivity index (χ4v) is 4.49. The summed E-state index contributed by atoms with van der Waals surface area (Å²) < 4.78 is 1.87. The molecule has 146 valence electrons. The molecule has 2 fully saturated rings. The number of pyridine rings is 1. The van der Waals surface area contributed by atoms with Crippen LogP contribution in [0.4, 0.5) is 11.6 Å². The molecule has 2 saturated heterocycles. The smallest absolute Gasteiger partial charge is 0.159 e. The molecule has 0 aliphatic carbocycles. The molecule has 2 aliphatic rings. The van der Waals surface area contributed by atoms with Crippen LogP contribution in [0.25, 0.3) is 5.82 Å². The Bertz CT molecular complexity index is 1070. The normalized spacial score (nSPS) is 20.7. The maximum Gasteiger partial charge on any atom is 0.159 e. The van der Waals surface area contributed by atoms with Crippen LogP contribution in [0.15, 0.2) is 36.8 Å². The van der Waals surface area contributed by atoms with E-state index in [2.05, 4.69) is 35.9 Å². The quantitative estimate of drug-likeness (QED) is 0.681. The van der Waals surface area contributed by atoms with Gasteiger partial charge < -0.3 is 9.80 Å². The third-order valence-electron chi connectivity index (χ3n) is 5.88. The molecule has 0 N–H and O–H groups in total. The lowest BCUT2D eigenvalue weighted by Gasteiger charge is -2.23. The second-order valence-electron chi connectivity index (χ2n) is 7.92. The summed E-state index contributed by atoms with van der Waals surface area (Å²) in [4.78, 5) is 18.1. The summed E-state index contributed by atoms with van der Waals surface area (Å²) in [5.74, 6) is 3.89. The third-order valence-corrected chi connectivity index (χ3v) is 5.88. The highest BCUT2D eigenvalue weighted by molar-refractivity contribution is 5.48. The molecule has 0 aromatic carbocycles. The maximum absolute atomic E-state index is 8.95. The van der Waals surface area contributed by atoms with Crippen LogP contribution >= 0.6 is 0 Å². The van der Waals surface area contributed by atoms with Gasteiger partial charge in [-0.05, 0) is 32.0 Å². The molecule has 5 rings (SSSR count). The Balaban J connectivity index is 1.30. The van der Waals surface area contributed by atoms with Gasteiger partial charge in [0, 0.05) is 56.0 Å². The molecule has 3 aromatic rings. The molecule has 0 amide bonds. The van der Waals surface area contributed by atoms with Crippen LogP contribution in [0, 0.1) is 37.0 Å². The lowest BCUT2D eigenvalue weighted by Crippen LogP contribution is -2.29. The molecular formula is C21H22N8. The largest absolute Gasteiger partial charge is 0.356 e. The molecule has 0 bridgehead atoms. The van der Waals surface area contributed by atoms with Crippen molar-refractivity contribution in [2.45, 2.75) is 13.8 Å². The van der Waals surface area contributed by atoms with E-state index in [-0.39, 0.29) is 0 Å². The van der Waals surface area contributed by atoms with Gasteiger partial charge in [-0.15, -0.1) is 0 Å². The number of rotatable bonds is 3. The molecule has 3 aromatic heterocycles. The van der Waals surface area contributed by atoms with Crippen molar-refractivity contribution in [2.75, 3.05) is 36.0 Å². The molecule has 5 heterocycles. The first kappa shape index (κ1) is 17.6. The molecule has 0 spiro atoms. The van der Waals surface area contributed by atoms with E-state index in [4.69, 9.17) is 5.26 Å². The van der Waals surface area contributed by atoms with Crippen LogP contribution in [-0.2, 0) is 0 Å². The number of hydrogen-bond donors (Lipinski definition) is 0. The number of nitrogens with zero attached hydrogens (tertiary/aromatic N) is 8. The molecular weight excluding hydrogens is 364 g/mol. The van der Waals surface area contributed by atoms with Crippen LogP contribution in [0.2, 0.25) is 0 Å². The Hall–Kier alpha value is -3.47. The number of anilines is 2. The van der Waals surface area contributed by atoms with Crippen molar-refractivity contribution in [3.8, 4) is 11.9 Å². The van der Waals surface area contributed by atoms with Gasteiger partial charge in [0.25, 0.3) is 0 Å². The topological polar surface area (TPSA) is 86.8 Å². The number of aryl methyl sites for hydroxylation is 2. The van der Waals surface area contributed by atoms with E-state index in [1.807, 2.05) is 42.8 Å². The molecule has 0 saturated carbocycles. The van der Waals surface area contributed by atoms with Crippen molar-refractivity contribution in [3.63, 3.8) is 0 Å². The van der Waals surface area contributed by atoms with Gasteiger partial charge in [0.2, 0.25) is 0 Å². The summed E-state index contributed by atoms with van der Waals surface area (Å²) in [6.07, 6.45) is 3.28. The minimum Gasteiger partial charge on any atom is -0.356 e. The predicted octanol–water partition coefficient (Wildman–Crippen LogP) is 2.12. The van der Waals surface area contributed by atoms with E-state index in [1.54, 1.807) is 12.5 Å². The van der Waals surface area contributed by atoms with E-state index in [9.17, 15) is 0 Å². The van der Waals surface area contributed by atoms with Crippen LogP contribution < -0.4 is 9.80 Å². The second kappa shape index (κ2) is 6.85. The van der Waals surface area contributed by atoms with Crippen LogP contribution in [0.3, 0.4) is 0 Å². The summed E-state index contributed by atoms with van der Waals surface area (Å²) in [7, 11) is 0. The van der Waals surface area contributed by atoms with E-state index >= 15 is 0 Å². The minimum absolute atomic E-state index is 0.583. The second-order valence-corrected chi connectivity index (χ2v) is 7.92. The van der Waals surface area contributed by atoms with Crippen LogP contribution in [0.5, 0.6) is 0 Å². The minimum atomic E-state index is 0.583. The summed E-state index contributed by atoms with van der Waals surface area (Å²) in [5, 5.41) is 13.5. The van der Waals surface area contributed by atoms with Crippen molar-refractivity contribution in [1.29, 1.82) is 5.26 Å². The summed E-state index contributed by atoms with van der Waals surface area (Å²) in [6, 6.07) is 9.99. The molecule has 2 atom stereocenters. The predicted molar refractivity (Wildman–Crippen MR) is 109 cm³/mol. The van der Waals surface area contributed by atoms with Gasteiger partial charge in [-0.2, -0.15) is 10.4 Å². The SMILES string of the molecule is Cc1cc(C)n(-c2cc(N3CC4CN(c5ccc(C#N)cn5)CC4C3)ncn2)n1. The highest BCUT2D eigenvalue weighted by Crippen LogP contribution is 2.35. The van der Waals surface area contributed by atoms with Gasteiger partial charge >= 0.3 is 0 Å². The summed E-state index contributed by atoms with van der Waals surface area (Å²) in [5.41, 5.74) is 2.65. The fourth-order valence-electron chi connectivity index (χ4n) is 4.49. The first-order valence-electron chi connectivity index (χ1n) is 9.82. The van der Waals surface area contributed by atoms with Gasteiger partial charge in [-0.25, -0.2) is 19.6 Å². The van der Waals surface area contributed by atoms with Gasteiger partial charge in [-0.1, -0.05) is 0 Å². The average molecular weight is 386 g/mol. The first-order chi connectivity index (χ1) is 14.1. The van der Waals surface area contributed by atoms with Gasteiger partial charge in [0.1, 0.15) is 24.0 Å². The number of nitriles is 1. The first-order valence-corrected chi connectivity index (χ1v) is 9.82. The monoisotopic (exact) mass is 386 g/mol. The number of fused-ring (bicyclic) bond motifs is 1. The van der Waals surface area contributed by atoms with Crippen LogP contribution in [-0.4, -0.2) is 50.9 Å². The highest BCUT2D eigenvalue weighted by Gasteiger charge is 2.41. The van der Waals surface area contributed by atoms with Crippen LogP contribution in [0.1, 0.15) is 17.0 Å². The van der Waals surface area contributed by atoms with Crippen molar-refractivity contribution in [2.24, 2.45) is 11.8 Å². The zero-order valence-electron chi connectivity index (χ0n) is 16.5.